The van der Waals surface area contributed by atoms with Gasteiger partial charge in [0.1, 0.15) is 11.8 Å². The number of hydrogen-bond acceptors (Lipinski definition) is 6. The molecule has 0 aromatic rings. The number of nitrogens with zero attached hydrogens (tertiary/aromatic N) is 3. The molecule has 4 N–H and O–H groups in total. The summed E-state index contributed by atoms with van der Waals surface area (Å²) in [5.41, 5.74) is 6.63. The number of hydrogen-bond donors (Lipinski definition) is 2. The first-order chi connectivity index (χ1) is 10.0. The summed E-state index contributed by atoms with van der Waals surface area (Å²) in [6.07, 6.45) is 11.0. The van der Waals surface area contributed by atoms with Gasteiger partial charge in [0, 0.05) is 5.41 Å². The van der Waals surface area contributed by atoms with Crippen LogP contribution in [0.5, 0.6) is 0 Å². The molecule has 0 fully saturated rings. The number of amidine groups is 1. The first kappa shape index (κ1) is 17.0. The van der Waals surface area contributed by atoms with Crippen molar-refractivity contribution in [2.24, 2.45) is 16.6 Å². The molecule has 1 rings (SSSR count). The van der Waals surface area contributed by atoms with Gasteiger partial charge in [0.25, 0.3) is 0 Å². The van der Waals surface area contributed by atoms with Crippen LogP contribution in [0.1, 0.15) is 6.42 Å². The minimum atomic E-state index is 0.0827. The van der Waals surface area contributed by atoms with Crippen LogP contribution >= 0.6 is 11.8 Å². The number of hydrazine groups is 1. The van der Waals surface area contributed by atoms with Crippen molar-refractivity contribution in [1.29, 1.82) is 5.26 Å². The standard InChI is InChI=1S/C14H17N5S2/c1-11(21-10-13(16)9-15)19(17)14(20)18-8-7-12-5-3-2-4-6-12/h2-5,7,10H,1,6,8,16-17H2,(H,18,20)/p-1/b12-7+,13-10-. The zero-order valence-corrected chi connectivity index (χ0v) is 13.0. The van der Waals surface area contributed by atoms with Crippen molar-refractivity contribution in [3.8, 4) is 6.07 Å². The first-order valence-electron chi connectivity index (χ1n) is 6.04. The number of rotatable bonds is 5. The summed E-state index contributed by atoms with van der Waals surface area (Å²) in [5, 5.41) is 11.8. The zero-order chi connectivity index (χ0) is 15.7. The molecule has 0 radical (unpaired) electrons. The van der Waals surface area contributed by atoms with Crippen molar-refractivity contribution in [1.82, 2.24) is 5.01 Å². The van der Waals surface area contributed by atoms with Gasteiger partial charge in [-0.3, -0.25) is 10.0 Å². The van der Waals surface area contributed by atoms with E-state index in [4.69, 9.17) is 29.5 Å². The van der Waals surface area contributed by atoms with Gasteiger partial charge in [-0.25, -0.2) is 5.84 Å². The predicted octanol–water partition coefficient (Wildman–Crippen LogP) is 2.04. The Morgan fingerprint density at radius 1 is 1.62 bits per heavy atom. The van der Waals surface area contributed by atoms with Crippen LogP contribution in [0.4, 0.5) is 0 Å². The minimum absolute atomic E-state index is 0.0827. The Hall–Kier alpha value is -2.01. The smallest absolute Gasteiger partial charge is 0.117 e. The van der Waals surface area contributed by atoms with Crippen LogP contribution in [0, 0.1) is 11.3 Å². The van der Waals surface area contributed by atoms with Crippen molar-refractivity contribution in [3.05, 3.63) is 58.7 Å². The van der Waals surface area contributed by atoms with Crippen LogP contribution in [-0.4, -0.2) is 16.7 Å². The molecule has 0 saturated carbocycles. The quantitative estimate of drug-likeness (QED) is 0.201. The lowest BCUT2D eigenvalue weighted by molar-refractivity contribution is 0.596. The fourth-order valence-electron chi connectivity index (χ4n) is 1.32. The van der Waals surface area contributed by atoms with E-state index in [9.17, 15) is 0 Å². The minimum Gasteiger partial charge on any atom is -0.741 e. The maximum atomic E-state index is 8.54. The van der Waals surface area contributed by atoms with Gasteiger partial charge >= 0.3 is 0 Å². The largest absolute Gasteiger partial charge is 0.741 e. The van der Waals surface area contributed by atoms with E-state index in [2.05, 4.69) is 17.6 Å². The summed E-state index contributed by atoms with van der Waals surface area (Å²) in [7, 11) is 0. The van der Waals surface area contributed by atoms with Gasteiger partial charge in [0.2, 0.25) is 0 Å². The van der Waals surface area contributed by atoms with Crippen molar-refractivity contribution >= 4 is 29.6 Å². The number of allylic oxidation sites excluding steroid dienone is 6. The molecular weight excluding hydrogens is 302 g/mol. The highest BCUT2D eigenvalue weighted by Crippen LogP contribution is 2.18. The summed E-state index contributed by atoms with van der Waals surface area (Å²) in [6.45, 7) is 4.20. The Morgan fingerprint density at radius 2 is 2.38 bits per heavy atom. The highest BCUT2D eigenvalue weighted by atomic mass is 32.2. The SMILES string of the molecule is C=C(S/C=C(\N)C#N)N(N)C([S-])=NC/C=C1\C=CC=CC1. The average Bonchev–Trinajstić information content (AvgIpc) is 2.52. The van der Waals surface area contributed by atoms with Crippen LogP contribution in [0.15, 0.2) is 63.7 Å². The predicted molar refractivity (Wildman–Crippen MR) is 91.3 cm³/mol. The lowest BCUT2D eigenvalue weighted by Crippen LogP contribution is -2.34. The Balaban J connectivity index is 2.53. The lowest BCUT2D eigenvalue weighted by atomic mass is 10.1. The molecule has 0 atom stereocenters. The molecular formula is C14H16N5S2-. The van der Waals surface area contributed by atoms with E-state index in [1.807, 2.05) is 24.3 Å². The molecule has 1 aliphatic rings. The molecule has 0 spiro atoms. The summed E-state index contributed by atoms with van der Waals surface area (Å²) >= 11 is 6.23. The monoisotopic (exact) mass is 318 g/mol. The summed E-state index contributed by atoms with van der Waals surface area (Å²) in [6, 6.07) is 1.80. The van der Waals surface area contributed by atoms with Crippen LogP contribution in [0.2, 0.25) is 0 Å². The van der Waals surface area contributed by atoms with Crippen molar-refractivity contribution < 1.29 is 0 Å². The van der Waals surface area contributed by atoms with Crippen LogP contribution in [-0.2, 0) is 12.6 Å². The van der Waals surface area contributed by atoms with Gasteiger partial charge in [-0.1, -0.05) is 48.7 Å². The first-order valence-corrected chi connectivity index (χ1v) is 7.33. The van der Waals surface area contributed by atoms with E-state index in [1.165, 1.54) is 16.0 Å². The van der Waals surface area contributed by atoms with Gasteiger partial charge in [-0.05, 0) is 17.2 Å². The number of aliphatic imine (C=N–C) groups is 1. The summed E-state index contributed by atoms with van der Waals surface area (Å²) in [4.78, 5) is 4.19. The number of nitrogens with two attached hydrogens (primary N) is 2. The van der Waals surface area contributed by atoms with Gasteiger partial charge < -0.3 is 18.4 Å². The second-order valence-corrected chi connectivity index (χ2v) is 5.27. The van der Waals surface area contributed by atoms with E-state index < -0.39 is 0 Å². The fourth-order valence-corrected chi connectivity index (χ4v) is 2.08. The van der Waals surface area contributed by atoms with E-state index in [0.717, 1.165) is 18.2 Å². The van der Waals surface area contributed by atoms with Gasteiger partial charge in [0.15, 0.2) is 0 Å². The average molecular weight is 318 g/mol. The molecule has 110 valence electrons. The summed E-state index contributed by atoms with van der Waals surface area (Å²) in [5.74, 6) is 5.79. The number of nitriles is 1. The molecule has 0 unspecified atom stereocenters. The third-order valence-corrected chi connectivity index (χ3v) is 3.58. The molecule has 1 aliphatic carbocycles. The maximum Gasteiger partial charge on any atom is 0.117 e. The zero-order valence-electron chi connectivity index (χ0n) is 11.4. The van der Waals surface area contributed by atoms with E-state index in [1.54, 1.807) is 6.07 Å². The topological polar surface area (TPSA) is 91.4 Å². The molecule has 0 bridgehead atoms. The van der Waals surface area contributed by atoms with Crippen molar-refractivity contribution in [2.45, 2.75) is 6.42 Å². The van der Waals surface area contributed by atoms with Crippen LogP contribution in [0.25, 0.3) is 0 Å². The molecule has 0 aromatic carbocycles. The highest BCUT2D eigenvalue weighted by Gasteiger charge is 2.01. The Labute approximate surface area is 134 Å². The molecule has 0 saturated heterocycles. The molecule has 21 heavy (non-hydrogen) atoms. The summed E-state index contributed by atoms with van der Waals surface area (Å²) < 4.78 is 0. The third kappa shape index (κ3) is 6.31. The van der Waals surface area contributed by atoms with Crippen LogP contribution in [0.3, 0.4) is 0 Å². The van der Waals surface area contributed by atoms with E-state index in [0.29, 0.717) is 11.6 Å². The molecule has 7 heteroatoms. The van der Waals surface area contributed by atoms with E-state index in [-0.39, 0.29) is 10.9 Å². The third-order valence-electron chi connectivity index (χ3n) is 2.42. The Bertz CT molecular complexity index is 579. The molecule has 5 nitrogen and oxygen atoms in total. The lowest BCUT2D eigenvalue weighted by Gasteiger charge is -2.25. The van der Waals surface area contributed by atoms with Gasteiger partial charge in [0.05, 0.1) is 11.6 Å². The molecule has 0 aliphatic heterocycles. The van der Waals surface area contributed by atoms with Gasteiger partial charge in [-0.15, -0.1) is 0 Å². The highest BCUT2D eigenvalue weighted by molar-refractivity contribution is 8.05. The second-order valence-electron chi connectivity index (χ2n) is 3.96. The Morgan fingerprint density at radius 3 is 3.00 bits per heavy atom. The molecule has 0 amide bonds. The number of thioether (sulfide) groups is 1. The molecule has 0 heterocycles. The Kier molecular flexibility index (Phi) is 7.32. The van der Waals surface area contributed by atoms with Crippen LogP contribution < -0.4 is 11.6 Å². The normalized spacial score (nSPS) is 16.9. The van der Waals surface area contributed by atoms with E-state index >= 15 is 0 Å². The maximum absolute atomic E-state index is 8.54. The van der Waals surface area contributed by atoms with Gasteiger partial charge in [-0.2, -0.15) is 5.26 Å². The van der Waals surface area contributed by atoms with Crippen molar-refractivity contribution in [3.63, 3.8) is 0 Å². The fraction of sp³-hybridized carbons (Fsp3) is 0.143. The van der Waals surface area contributed by atoms with Crippen molar-refractivity contribution in [2.75, 3.05) is 6.54 Å². The second kappa shape index (κ2) is 9.02. The molecule has 0 aromatic heterocycles.